The molecule has 0 aromatic heterocycles. The summed E-state index contributed by atoms with van der Waals surface area (Å²) < 4.78 is 13.6. The highest BCUT2D eigenvalue weighted by molar-refractivity contribution is 6.27. The lowest BCUT2D eigenvalue weighted by atomic mass is 9.82. The molecule has 1 heterocycles. The van der Waals surface area contributed by atoms with Crippen molar-refractivity contribution in [1.29, 1.82) is 0 Å². The number of carbonyl (C=O) groups is 2. The molecule has 1 saturated heterocycles. The normalized spacial score (nSPS) is 22.1. The lowest BCUT2D eigenvalue weighted by Gasteiger charge is -2.25. The fourth-order valence-corrected chi connectivity index (χ4v) is 2.71. The Kier molecular flexibility index (Phi) is 4.61. The Morgan fingerprint density at radius 1 is 1.41 bits per heavy atom. The van der Waals surface area contributed by atoms with Crippen LogP contribution in [0.3, 0.4) is 0 Å². The second-order valence-corrected chi connectivity index (χ2v) is 5.91. The molecule has 1 aliphatic heterocycles. The molecule has 118 valence electrons. The first-order valence-electron chi connectivity index (χ1n) is 7.07. The number of benzene rings is 1. The molecule has 6 heteroatoms. The van der Waals surface area contributed by atoms with Crippen molar-refractivity contribution >= 4 is 17.8 Å². The van der Waals surface area contributed by atoms with Crippen LogP contribution in [0.1, 0.15) is 20.8 Å². The molecule has 1 unspecified atom stereocenters. The summed E-state index contributed by atoms with van der Waals surface area (Å²) in [4.78, 5) is 22.8. The number of carbonyl (C=O) groups excluding carboxylic acids is 2. The van der Waals surface area contributed by atoms with E-state index in [4.69, 9.17) is 0 Å². The van der Waals surface area contributed by atoms with Gasteiger partial charge in [0.15, 0.2) is 6.29 Å². The minimum Gasteiger partial charge on any atom is -0.307 e. The van der Waals surface area contributed by atoms with Gasteiger partial charge < -0.3 is 10.7 Å². The van der Waals surface area contributed by atoms with Crippen LogP contribution >= 0.6 is 0 Å². The van der Waals surface area contributed by atoms with Gasteiger partial charge in [-0.05, 0) is 38.5 Å². The summed E-state index contributed by atoms with van der Waals surface area (Å²) in [5, 5.41) is 3.22. The van der Waals surface area contributed by atoms with Crippen molar-refractivity contribution in [2.75, 3.05) is 12.0 Å². The Morgan fingerprint density at radius 2 is 2.09 bits per heavy atom. The van der Waals surface area contributed by atoms with E-state index in [2.05, 4.69) is 16.2 Å². The SMILES string of the molecule is CC(NNc1ccccc1F)=C1CNC(C)(C)C1C(=O)C=O. The predicted octanol–water partition coefficient (Wildman–Crippen LogP) is 1.78. The zero-order chi connectivity index (χ0) is 16.3. The van der Waals surface area contributed by atoms with Crippen molar-refractivity contribution in [1.82, 2.24) is 10.7 Å². The van der Waals surface area contributed by atoms with Gasteiger partial charge in [-0.15, -0.1) is 0 Å². The highest BCUT2D eigenvalue weighted by Gasteiger charge is 2.43. The van der Waals surface area contributed by atoms with Gasteiger partial charge in [-0.25, -0.2) is 4.39 Å². The maximum atomic E-state index is 13.6. The highest BCUT2D eigenvalue weighted by Crippen LogP contribution is 2.32. The Labute approximate surface area is 128 Å². The third kappa shape index (κ3) is 3.17. The lowest BCUT2D eigenvalue weighted by Crippen LogP contribution is -2.42. The van der Waals surface area contributed by atoms with Gasteiger partial charge in [0, 0.05) is 17.8 Å². The van der Waals surface area contributed by atoms with Gasteiger partial charge in [-0.3, -0.25) is 15.0 Å². The van der Waals surface area contributed by atoms with Gasteiger partial charge in [0.25, 0.3) is 0 Å². The van der Waals surface area contributed by atoms with Gasteiger partial charge in [0.2, 0.25) is 5.78 Å². The number of ketones is 1. The summed E-state index contributed by atoms with van der Waals surface area (Å²) in [5.74, 6) is -1.37. The van der Waals surface area contributed by atoms with Crippen LogP contribution in [-0.2, 0) is 9.59 Å². The Balaban J connectivity index is 2.20. The Bertz CT molecular complexity index is 626. The van der Waals surface area contributed by atoms with Gasteiger partial charge in [0.05, 0.1) is 11.6 Å². The summed E-state index contributed by atoms with van der Waals surface area (Å²) in [7, 11) is 0. The third-order valence-corrected chi connectivity index (χ3v) is 3.95. The van der Waals surface area contributed by atoms with Crippen LogP contribution in [0, 0.1) is 11.7 Å². The van der Waals surface area contributed by atoms with Crippen LogP contribution in [0.5, 0.6) is 0 Å². The molecule has 1 aliphatic rings. The minimum absolute atomic E-state index is 0.311. The van der Waals surface area contributed by atoms with Gasteiger partial charge >= 0.3 is 0 Å². The third-order valence-electron chi connectivity index (χ3n) is 3.95. The average Bonchev–Trinajstić information content (AvgIpc) is 2.81. The molecule has 0 spiro atoms. The monoisotopic (exact) mass is 305 g/mol. The number of aldehydes is 1. The standard InChI is InChI=1S/C16H20FN3O2/c1-10(19-20-13-7-5-4-6-12(13)17)11-8-18-16(2,3)15(11)14(22)9-21/h4-7,9,15,18-20H,8H2,1-3H3. The molecular weight excluding hydrogens is 285 g/mol. The van der Waals surface area contributed by atoms with Gasteiger partial charge in [-0.1, -0.05) is 12.1 Å². The smallest absolute Gasteiger partial charge is 0.204 e. The molecule has 2 rings (SSSR count). The molecular formula is C16H20FN3O2. The number of halogens is 1. The summed E-state index contributed by atoms with van der Waals surface area (Å²) in [6.45, 7) is 6.04. The van der Waals surface area contributed by atoms with Gasteiger partial charge in [-0.2, -0.15) is 0 Å². The van der Waals surface area contributed by atoms with Crippen molar-refractivity contribution in [3.05, 3.63) is 41.4 Å². The number of hydrogen-bond acceptors (Lipinski definition) is 5. The second kappa shape index (κ2) is 6.27. The quantitative estimate of drug-likeness (QED) is 0.439. The Morgan fingerprint density at radius 3 is 2.73 bits per heavy atom. The van der Waals surface area contributed by atoms with Crippen molar-refractivity contribution < 1.29 is 14.0 Å². The molecule has 0 bridgehead atoms. The second-order valence-electron chi connectivity index (χ2n) is 5.91. The van der Waals surface area contributed by atoms with Crippen LogP contribution in [-0.4, -0.2) is 24.2 Å². The molecule has 1 atom stereocenters. The number of nitrogens with one attached hydrogen (secondary N) is 3. The Hall–Kier alpha value is -2.21. The molecule has 1 aromatic rings. The van der Waals surface area contributed by atoms with Gasteiger partial charge in [0.1, 0.15) is 5.82 Å². The maximum Gasteiger partial charge on any atom is 0.204 e. The molecule has 0 aliphatic carbocycles. The number of para-hydroxylation sites is 1. The summed E-state index contributed by atoms with van der Waals surface area (Å²) >= 11 is 0. The molecule has 0 amide bonds. The largest absolute Gasteiger partial charge is 0.307 e. The van der Waals surface area contributed by atoms with Crippen LogP contribution in [0.4, 0.5) is 10.1 Å². The zero-order valence-corrected chi connectivity index (χ0v) is 12.9. The van der Waals surface area contributed by atoms with Crippen LogP contribution in [0.2, 0.25) is 0 Å². The fourth-order valence-electron chi connectivity index (χ4n) is 2.71. The fraction of sp³-hybridized carbons (Fsp3) is 0.375. The van der Waals surface area contributed by atoms with E-state index in [0.717, 1.165) is 5.57 Å². The first-order valence-corrected chi connectivity index (χ1v) is 7.07. The van der Waals surface area contributed by atoms with E-state index in [0.29, 0.717) is 24.2 Å². The van der Waals surface area contributed by atoms with Crippen molar-refractivity contribution in [3.8, 4) is 0 Å². The van der Waals surface area contributed by atoms with E-state index in [9.17, 15) is 14.0 Å². The topological polar surface area (TPSA) is 70.2 Å². The highest BCUT2D eigenvalue weighted by atomic mass is 19.1. The van der Waals surface area contributed by atoms with Crippen LogP contribution in [0.15, 0.2) is 35.5 Å². The first-order chi connectivity index (χ1) is 10.4. The average molecular weight is 305 g/mol. The number of hydrogen-bond donors (Lipinski definition) is 3. The van der Waals surface area contributed by atoms with Crippen LogP contribution in [0.25, 0.3) is 0 Å². The number of hydrazine groups is 1. The molecule has 0 radical (unpaired) electrons. The molecule has 1 aromatic carbocycles. The lowest BCUT2D eigenvalue weighted by molar-refractivity contribution is -0.132. The molecule has 22 heavy (non-hydrogen) atoms. The van der Waals surface area contributed by atoms with E-state index >= 15 is 0 Å². The van der Waals surface area contributed by atoms with Crippen molar-refractivity contribution in [3.63, 3.8) is 0 Å². The maximum absolute atomic E-state index is 13.6. The minimum atomic E-state index is -0.528. The molecule has 1 fully saturated rings. The number of allylic oxidation sites excluding steroid dienone is 1. The molecule has 5 nitrogen and oxygen atoms in total. The van der Waals surface area contributed by atoms with E-state index in [1.165, 1.54) is 6.07 Å². The summed E-state index contributed by atoms with van der Waals surface area (Å²) in [5.41, 5.74) is 7.01. The van der Waals surface area contributed by atoms with E-state index in [1.807, 2.05) is 13.8 Å². The predicted molar refractivity (Wildman–Crippen MR) is 82.5 cm³/mol. The van der Waals surface area contributed by atoms with E-state index in [-0.39, 0.29) is 5.82 Å². The number of rotatable bonds is 5. The first kappa shape index (κ1) is 16.2. The van der Waals surface area contributed by atoms with E-state index < -0.39 is 17.2 Å². The van der Waals surface area contributed by atoms with Crippen molar-refractivity contribution in [2.45, 2.75) is 26.3 Å². The van der Waals surface area contributed by atoms with Crippen molar-refractivity contribution in [2.24, 2.45) is 5.92 Å². The zero-order valence-electron chi connectivity index (χ0n) is 12.9. The van der Waals surface area contributed by atoms with E-state index in [1.54, 1.807) is 25.1 Å². The summed E-state index contributed by atoms with van der Waals surface area (Å²) in [6, 6.07) is 6.28. The number of anilines is 1. The molecule has 3 N–H and O–H groups in total. The number of Topliss-reactive ketones (excluding diaryl/α,β-unsaturated/α-hetero) is 1. The molecule has 0 saturated carbocycles. The van der Waals surface area contributed by atoms with Crippen LogP contribution < -0.4 is 16.2 Å². The summed E-state index contributed by atoms with van der Waals surface area (Å²) in [6.07, 6.45) is 0.358.